The summed E-state index contributed by atoms with van der Waals surface area (Å²) >= 11 is 5.92. The number of hydrogen-bond acceptors (Lipinski definition) is 2. The van der Waals surface area contributed by atoms with E-state index in [2.05, 4.69) is 17.6 Å². The minimum atomic E-state index is 0. The van der Waals surface area contributed by atoms with Crippen LogP contribution in [0, 0.1) is 11.8 Å². The smallest absolute Gasteiger partial charge is 0.221 e. The van der Waals surface area contributed by atoms with Gasteiger partial charge in [-0.25, -0.2) is 0 Å². The van der Waals surface area contributed by atoms with Crippen LogP contribution in [0.25, 0.3) is 0 Å². The number of amides is 1. The van der Waals surface area contributed by atoms with Crippen molar-refractivity contribution < 1.29 is 4.79 Å². The summed E-state index contributed by atoms with van der Waals surface area (Å²) in [6.07, 6.45) is 1.70. The Hall–Kier alpha value is -0.770. The van der Waals surface area contributed by atoms with Gasteiger partial charge >= 0.3 is 0 Å². The van der Waals surface area contributed by atoms with Crippen molar-refractivity contribution >= 4 is 29.9 Å². The van der Waals surface area contributed by atoms with Gasteiger partial charge in [0.1, 0.15) is 0 Å². The Labute approximate surface area is 131 Å². The SMILES string of the molecule is CNCCC(=O)NC(c1ccc(Cl)cc1)C1CC1C.Cl. The lowest BCUT2D eigenvalue weighted by Gasteiger charge is -2.19. The summed E-state index contributed by atoms with van der Waals surface area (Å²) in [6.45, 7) is 2.94. The van der Waals surface area contributed by atoms with E-state index in [1.165, 1.54) is 6.42 Å². The van der Waals surface area contributed by atoms with Gasteiger partial charge in [-0.05, 0) is 43.0 Å². The molecule has 3 atom stereocenters. The number of hydrogen-bond donors (Lipinski definition) is 2. The highest BCUT2D eigenvalue weighted by molar-refractivity contribution is 6.30. The van der Waals surface area contributed by atoms with Gasteiger partial charge in [0.05, 0.1) is 6.04 Å². The molecule has 0 bridgehead atoms. The van der Waals surface area contributed by atoms with Gasteiger partial charge in [0.25, 0.3) is 0 Å². The van der Waals surface area contributed by atoms with Crippen LogP contribution in [0.3, 0.4) is 0 Å². The lowest BCUT2D eigenvalue weighted by atomic mass is 10.0. The Bertz CT molecular complexity index is 436. The van der Waals surface area contributed by atoms with Gasteiger partial charge in [0.2, 0.25) is 5.91 Å². The van der Waals surface area contributed by atoms with Crippen molar-refractivity contribution in [3.8, 4) is 0 Å². The first-order valence-electron chi connectivity index (χ1n) is 6.81. The largest absolute Gasteiger partial charge is 0.349 e. The molecule has 1 saturated carbocycles. The molecule has 2 N–H and O–H groups in total. The molecule has 0 aromatic heterocycles. The monoisotopic (exact) mass is 316 g/mol. The average molecular weight is 317 g/mol. The lowest BCUT2D eigenvalue weighted by molar-refractivity contribution is -0.121. The Kier molecular flexibility index (Phi) is 6.80. The third-order valence-electron chi connectivity index (χ3n) is 3.75. The minimum absolute atomic E-state index is 0. The molecule has 1 aliphatic carbocycles. The van der Waals surface area contributed by atoms with Crippen molar-refractivity contribution in [1.29, 1.82) is 0 Å². The molecular formula is C15H22Cl2N2O. The van der Waals surface area contributed by atoms with Crippen LogP contribution in [0.1, 0.15) is 31.4 Å². The number of carbonyl (C=O) groups excluding carboxylic acids is 1. The first-order chi connectivity index (χ1) is 9.11. The van der Waals surface area contributed by atoms with Crippen molar-refractivity contribution in [3.63, 3.8) is 0 Å². The normalized spacial score (nSPS) is 21.8. The summed E-state index contributed by atoms with van der Waals surface area (Å²) in [5.41, 5.74) is 1.15. The molecule has 1 fully saturated rings. The van der Waals surface area contributed by atoms with Crippen LogP contribution < -0.4 is 10.6 Å². The van der Waals surface area contributed by atoms with E-state index in [1.807, 2.05) is 31.3 Å². The second-order valence-corrected chi connectivity index (χ2v) is 5.76. The molecule has 112 valence electrons. The van der Waals surface area contributed by atoms with Crippen LogP contribution in [0.15, 0.2) is 24.3 Å². The summed E-state index contributed by atoms with van der Waals surface area (Å²) in [5, 5.41) is 6.88. The number of nitrogens with one attached hydrogen (secondary N) is 2. The van der Waals surface area contributed by atoms with Crippen LogP contribution in [0.5, 0.6) is 0 Å². The zero-order valence-corrected chi connectivity index (χ0v) is 13.4. The van der Waals surface area contributed by atoms with E-state index < -0.39 is 0 Å². The van der Waals surface area contributed by atoms with E-state index in [0.717, 1.165) is 10.6 Å². The van der Waals surface area contributed by atoms with Gasteiger partial charge in [-0.2, -0.15) is 0 Å². The minimum Gasteiger partial charge on any atom is -0.349 e. The molecule has 0 heterocycles. The highest BCUT2D eigenvalue weighted by Gasteiger charge is 2.40. The third-order valence-corrected chi connectivity index (χ3v) is 4.00. The number of carbonyl (C=O) groups is 1. The highest BCUT2D eigenvalue weighted by atomic mass is 35.5. The first-order valence-corrected chi connectivity index (χ1v) is 7.19. The molecule has 0 saturated heterocycles. The molecule has 1 amide bonds. The Morgan fingerprint density at radius 3 is 2.50 bits per heavy atom. The predicted molar refractivity (Wildman–Crippen MR) is 85.4 cm³/mol. The summed E-state index contributed by atoms with van der Waals surface area (Å²) < 4.78 is 0. The molecule has 1 aromatic carbocycles. The Balaban J connectivity index is 0.00000200. The van der Waals surface area contributed by atoms with E-state index in [0.29, 0.717) is 24.8 Å². The van der Waals surface area contributed by atoms with Gasteiger partial charge in [-0.3, -0.25) is 4.79 Å². The molecule has 0 radical (unpaired) electrons. The van der Waals surface area contributed by atoms with Crippen LogP contribution in [0.2, 0.25) is 5.02 Å². The molecule has 1 aliphatic rings. The topological polar surface area (TPSA) is 41.1 Å². The number of halogens is 2. The van der Waals surface area contributed by atoms with Gasteiger partial charge < -0.3 is 10.6 Å². The molecule has 2 rings (SSSR count). The molecule has 3 nitrogen and oxygen atoms in total. The molecule has 5 heteroatoms. The fourth-order valence-corrected chi connectivity index (χ4v) is 2.53. The van der Waals surface area contributed by atoms with E-state index in [-0.39, 0.29) is 24.4 Å². The van der Waals surface area contributed by atoms with Gasteiger partial charge in [0.15, 0.2) is 0 Å². The maximum absolute atomic E-state index is 11.9. The van der Waals surface area contributed by atoms with Crippen molar-refractivity contribution in [2.45, 2.75) is 25.8 Å². The van der Waals surface area contributed by atoms with E-state index >= 15 is 0 Å². The summed E-state index contributed by atoms with van der Waals surface area (Å²) in [6, 6.07) is 7.91. The lowest BCUT2D eigenvalue weighted by Crippen LogP contribution is -2.32. The van der Waals surface area contributed by atoms with Crippen LogP contribution in [-0.4, -0.2) is 19.5 Å². The molecule has 1 aromatic rings. The molecule has 0 spiro atoms. The maximum Gasteiger partial charge on any atom is 0.221 e. The van der Waals surface area contributed by atoms with Crippen LogP contribution in [0.4, 0.5) is 0 Å². The molecule has 3 unspecified atom stereocenters. The Morgan fingerprint density at radius 1 is 1.40 bits per heavy atom. The average Bonchev–Trinajstić information content (AvgIpc) is 3.11. The van der Waals surface area contributed by atoms with Gasteiger partial charge in [-0.15, -0.1) is 12.4 Å². The molecule has 0 aliphatic heterocycles. The van der Waals surface area contributed by atoms with Crippen molar-refractivity contribution in [2.24, 2.45) is 11.8 Å². The summed E-state index contributed by atoms with van der Waals surface area (Å²) in [7, 11) is 1.85. The summed E-state index contributed by atoms with van der Waals surface area (Å²) in [5.74, 6) is 1.35. The first kappa shape index (κ1) is 17.3. The zero-order valence-electron chi connectivity index (χ0n) is 11.9. The van der Waals surface area contributed by atoms with Crippen molar-refractivity contribution in [2.75, 3.05) is 13.6 Å². The Morgan fingerprint density at radius 2 is 2.00 bits per heavy atom. The van der Waals surface area contributed by atoms with Crippen LogP contribution in [-0.2, 0) is 4.79 Å². The van der Waals surface area contributed by atoms with Crippen LogP contribution >= 0.6 is 24.0 Å². The zero-order chi connectivity index (χ0) is 13.8. The second kappa shape index (κ2) is 7.87. The number of benzene rings is 1. The van der Waals surface area contributed by atoms with Gasteiger partial charge in [-0.1, -0.05) is 30.7 Å². The fourth-order valence-electron chi connectivity index (χ4n) is 2.41. The highest BCUT2D eigenvalue weighted by Crippen LogP contribution is 2.47. The fraction of sp³-hybridized carbons (Fsp3) is 0.533. The third kappa shape index (κ3) is 4.65. The predicted octanol–water partition coefficient (Wildman–Crippen LogP) is 3.18. The van der Waals surface area contributed by atoms with Gasteiger partial charge in [0, 0.05) is 18.0 Å². The van der Waals surface area contributed by atoms with E-state index in [1.54, 1.807) is 0 Å². The van der Waals surface area contributed by atoms with E-state index in [4.69, 9.17) is 11.6 Å². The maximum atomic E-state index is 11.9. The number of rotatable bonds is 6. The summed E-state index contributed by atoms with van der Waals surface area (Å²) in [4.78, 5) is 11.9. The molecular weight excluding hydrogens is 295 g/mol. The standard InChI is InChI=1S/C15H21ClN2O.ClH/c1-10-9-13(10)15(18-14(19)7-8-17-2)11-3-5-12(16)6-4-11;/h3-6,10,13,15,17H,7-9H2,1-2H3,(H,18,19);1H. The molecule has 20 heavy (non-hydrogen) atoms. The van der Waals surface area contributed by atoms with Crippen molar-refractivity contribution in [1.82, 2.24) is 10.6 Å². The van der Waals surface area contributed by atoms with E-state index in [9.17, 15) is 4.79 Å². The van der Waals surface area contributed by atoms with Crippen molar-refractivity contribution in [3.05, 3.63) is 34.9 Å². The quantitative estimate of drug-likeness (QED) is 0.846. The second-order valence-electron chi connectivity index (χ2n) is 5.33.